The Kier molecular flexibility index (Phi) is 3.47. The van der Waals surface area contributed by atoms with Crippen LogP contribution in [0.1, 0.15) is 25.7 Å². The Morgan fingerprint density at radius 1 is 1.58 bits per heavy atom. The molecule has 1 aromatic heterocycles. The maximum Gasteiger partial charge on any atom is 0.490 e. The third-order valence-electron chi connectivity index (χ3n) is 3.41. The van der Waals surface area contributed by atoms with Crippen LogP contribution in [-0.2, 0) is 11.3 Å². The molecule has 1 fully saturated rings. The van der Waals surface area contributed by atoms with Gasteiger partial charge in [-0.15, -0.1) is 0 Å². The largest absolute Gasteiger partial charge is 0.490 e. The molecule has 1 aliphatic carbocycles. The zero-order valence-electron chi connectivity index (χ0n) is 10.1. The first-order valence-electron chi connectivity index (χ1n) is 5.89. The van der Waals surface area contributed by atoms with Crippen molar-refractivity contribution in [1.82, 2.24) is 14.8 Å². The van der Waals surface area contributed by atoms with Gasteiger partial charge in [-0.25, -0.2) is 0 Å². The highest BCUT2D eigenvalue weighted by Gasteiger charge is 2.37. The van der Waals surface area contributed by atoms with Crippen LogP contribution in [0.5, 0.6) is 0 Å². The van der Waals surface area contributed by atoms with Crippen molar-refractivity contribution < 1.29 is 19.9 Å². The Morgan fingerprint density at radius 3 is 2.68 bits per heavy atom. The molecule has 0 radical (unpaired) electrons. The van der Waals surface area contributed by atoms with Crippen LogP contribution < -0.4 is 0 Å². The minimum Gasteiger partial charge on any atom is -0.481 e. The maximum atomic E-state index is 10.8. The number of aliphatic hydroxyl groups is 1. The molecular weight excluding hydrogens is 256 g/mol. The molecule has 0 spiro atoms. The van der Waals surface area contributed by atoms with Crippen LogP contribution >= 0.6 is 0 Å². The molecule has 19 heavy (non-hydrogen) atoms. The summed E-state index contributed by atoms with van der Waals surface area (Å²) in [5, 5.41) is 33.3. The molecule has 2 N–H and O–H groups in total. The molecule has 104 valence electrons. The van der Waals surface area contributed by atoms with Crippen LogP contribution in [0.4, 0.5) is 5.95 Å². The van der Waals surface area contributed by atoms with Crippen molar-refractivity contribution in [3.05, 3.63) is 16.4 Å². The fourth-order valence-electron chi connectivity index (χ4n) is 2.31. The number of hydrogen-bond acceptors (Lipinski definition) is 6. The molecule has 0 amide bonds. The van der Waals surface area contributed by atoms with Gasteiger partial charge in [0.1, 0.15) is 0 Å². The van der Waals surface area contributed by atoms with E-state index < -0.39 is 28.4 Å². The van der Waals surface area contributed by atoms with Crippen molar-refractivity contribution in [2.24, 2.45) is 5.92 Å². The highest BCUT2D eigenvalue weighted by atomic mass is 16.6. The molecule has 0 aliphatic heterocycles. The van der Waals surface area contributed by atoms with E-state index in [9.17, 15) is 20.0 Å². The quantitative estimate of drug-likeness (QED) is 0.589. The predicted molar refractivity (Wildman–Crippen MR) is 61.2 cm³/mol. The van der Waals surface area contributed by atoms with Crippen molar-refractivity contribution >= 4 is 11.9 Å². The first-order valence-corrected chi connectivity index (χ1v) is 5.89. The minimum atomic E-state index is -1.08. The monoisotopic (exact) mass is 270 g/mol. The molecule has 0 atom stereocenters. The summed E-state index contributed by atoms with van der Waals surface area (Å²) in [6.45, 7) is 0.0835. The second kappa shape index (κ2) is 4.92. The van der Waals surface area contributed by atoms with Crippen LogP contribution in [0.2, 0.25) is 0 Å². The lowest BCUT2D eigenvalue weighted by atomic mass is 9.79. The zero-order valence-corrected chi connectivity index (χ0v) is 10.1. The van der Waals surface area contributed by atoms with E-state index in [2.05, 4.69) is 10.1 Å². The van der Waals surface area contributed by atoms with E-state index in [1.165, 1.54) is 11.0 Å². The third-order valence-corrected chi connectivity index (χ3v) is 3.41. The fraction of sp³-hybridized carbons (Fsp3) is 0.700. The van der Waals surface area contributed by atoms with Crippen molar-refractivity contribution in [2.75, 3.05) is 0 Å². The van der Waals surface area contributed by atoms with Crippen LogP contribution in [0.15, 0.2) is 6.33 Å². The number of carbonyl (C=O) groups is 1. The number of hydrogen-bond donors (Lipinski definition) is 2. The Hall–Kier alpha value is -2.03. The van der Waals surface area contributed by atoms with E-state index >= 15 is 0 Å². The summed E-state index contributed by atoms with van der Waals surface area (Å²) in [6.07, 6.45) is 2.64. The van der Waals surface area contributed by atoms with Crippen LogP contribution in [0.3, 0.4) is 0 Å². The molecule has 1 saturated carbocycles. The lowest BCUT2D eigenvalue weighted by Gasteiger charge is -2.33. The fourth-order valence-corrected chi connectivity index (χ4v) is 2.31. The number of aromatic nitrogens is 3. The molecule has 0 aromatic carbocycles. The van der Waals surface area contributed by atoms with E-state index in [1.807, 2.05) is 0 Å². The van der Waals surface area contributed by atoms with Crippen LogP contribution in [-0.4, -0.2) is 41.5 Å². The molecule has 1 heterocycles. The van der Waals surface area contributed by atoms with Crippen molar-refractivity contribution in [3.8, 4) is 0 Å². The second-order valence-corrected chi connectivity index (χ2v) is 4.84. The number of rotatable bonds is 4. The summed E-state index contributed by atoms with van der Waals surface area (Å²) in [7, 11) is 0. The molecule has 9 nitrogen and oxygen atoms in total. The van der Waals surface area contributed by atoms with E-state index in [-0.39, 0.29) is 6.54 Å². The summed E-state index contributed by atoms with van der Waals surface area (Å²) >= 11 is 0. The third kappa shape index (κ3) is 3.05. The Balaban J connectivity index is 1.98. The van der Waals surface area contributed by atoms with Gasteiger partial charge in [0.05, 0.1) is 18.1 Å². The van der Waals surface area contributed by atoms with Gasteiger partial charge in [0.2, 0.25) is 6.33 Å². The van der Waals surface area contributed by atoms with Crippen LogP contribution in [0, 0.1) is 16.0 Å². The molecule has 0 bridgehead atoms. The smallest absolute Gasteiger partial charge is 0.481 e. The second-order valence-electron chi connectivity index (χ2n) is 4.84. The standard InChI is InChI=1S/C10H14N4O5/c15-8(16)7-1-3-10(17,4-2-7)5-13-6-11-9(12-13)14(18)19/h6-7,17H,1-5H2,(H,15,16). The Bertz CT molecular complexity index is 492. The average Bonchev–Trinajstić information content (AvgIpc) is 2.77. The maximum absolute atomic E-state index is 10.8. The Labute approximate surface area is 108 Å². The van der Waals surface area contributed by atoms with Gasteiger partial charge in [-0.2, -0.15) is 4.68 Å². The van der Waals surface area contributed by atoms with Gasteiger partial charge in [-0.1, -0.05) is 4.98 Å². The highest BCUT2D eigenvalue weighted by Crippen LogP contribution is 2.33. The number of carboxylic acids is 1. The lowest BCUT2D eigenvalue weighted by Crippen LogP contribution is -2.40. The average molecular weight is 270 g/mol. The van der Waals surface area contributed by atoms with Gasteiger partial charge >= 0.3 is 11.9 Å². The van der Waals surface area contributed by atoms with Crippen molar-refractivity contribution in [1.29, 1.82) is 0 Å². The van der Waals surface area contributed by atoms with Gasteiger partial charge in [-0.3, -0.25) is 4.79 Å². The molecule has 9 heteroatoms. The van der Waals surface area contributed by atoms with Gasteiger partial charge in [0.25, 0.3) is 0 Å². The van der Waals surface area contributed by atoms with E-state index in [0.717, 1.165) is 0 Å². The Morgan fingerprint density at radius 2 is 2.21 bits per heavy atom. The van der Waals surface area contributed by atoms with Crippen molar-refractivity contribution in [3.63, 3.8) is 0 Å². The number of nitro groups is 1. The number of aliphatic carboxylic acids is 1. The van der Waals surface area contributed by atoms with Gasteiger partial charge < -0.3 is 20.3 Å². The van der Waals surface area contributed by atoms with Gasteiger partial charge in [0.15, 0.2) is 0 Å². The molecule has 1 aromatic rings. The lowest BCUT2D eigenvalue weighted by molar-refractivity contribution is -0.394. The normalized spacial score (nSPS) is 27.1. The molecular formula is C10H14N4O5. The topological polar surface area (TPSA) is 131 Å². The minimum absolute atomic E-state index is 0.0835. The summed E-state index contributed by atoms with van der Waals surface area (Å²) in [5.74, 6) is -1.79. The number of nitrogens with zero attached hydrogens (tertiary/aromatic N) is 4. The molecule has 1 aliphatic rings. The van der Waals surface area contributed by atoms with Gasteiger partial charge in [-0.05, 0) is 30.6 Å². The van der Waals surface area contributed by atoms with E-state index in [4.69, 9.17) is 5.11 Å². The van der Waals surface area contributed by atoms with E-state index in [1.54, 1.807) is 0 Å². The predicted octanol–water partition coefficient (Wildman–Crippen LogP) is 0.192. The zero-order chi connectivity index (χ0) is 14.0. The number of carboxylic acid groups (broad SMARTS) is 1. The van der Waals surface area contributed by atoms with Gasteiger partial charge in [0, 0.05) is 5.10 Å². The first-order chi connectivity index (χ1) is 8.89. The SMILES string of the molecule is O=C(O)C1CCC(O)(Cn2cnc([N+](=O)[O-])n2)CC1. The van der Waals surface area contributed by atoms with Crippen LogP contribution in [0.25, 0.3) is 0 Å². The summed E-state index contributed by atoms with van der Waals surface area (Å²) < 4.78 is 1.22. The molecule has 2 rings (SSSR count). The summed E-state index contributed by atoms with van der Waals surface area (Å²) in [5.41, 5.74) is -1.08. The molecule has 0 saturated heterocycles. The molecule has 0 unspecified atom stereocenters. The first kappa shape index (κ1) is 13.4. The highest BCUT2D eigenvalue weighted by molar-refractivity contribution is 5.70. The summed E-state index contributed by atoms with van der Waals surface area (Å²) in [6, 6.07) is 0. The summed E-state index contributed by atoms with van der Waals surface area (Å²) in [4.78, 5) is 24.1. The van der Waals surface area contributed by atoms with E-state index in [0.29, 0.717) is 25.7 Å². The van der Waals surface area contributed by atoms with Crippen molar-refractivity contribution in [2.45, 2.75) is 37.8 Å².